The first-order chi connectivity index (χ1) is 11.3. The summed E-state index contributed by atoms with van der Waals surface area (Å²) in [6, 6.07) is 7.29. The van der Waals surface area contributed by atoms with Crippen LogP contribution in [0.25, 0.3) is 0 Å². The topological polar surface area (TPSA) is 56.8 Å². The Balaban J connectivity index is 1.54. The Hall–Kier alpha value is -1.75. The molecular weight excluding hydrogens is 294 g/mol. The number of para-hydroxylation sites is 2. The van der Waals surface area contributed by atoms with Crippen LogP contribution in [0.3, 0.4) is 0 Å². The third kappa shape index (κ3) is 6.48. The van der Waals surface area contributed by atoms with Crippen molar-refractivity contribution in [2.75, 3.05) is 26.9 Å². The Labute approximate surface area is 138 Å². The molecule has 1 saturated carbocycles. The van der Waals surface area contributed by atoms with Crippen molar-refractivity contribution in [3.63, 3.8) is 0 Å². The highest BCUT2D eigenvalue weighted by atomic mass is 16.5. The molecule has 5 nitrogen and oxygen atoms in total. The predicted molar refractivity (Wildman–Crippen MR) is 88.9 cm³/mol. The fraction of sp³-hybridized carbons (Fsp3) is 0.611. The minimum atomic E-state index is -0.131. The van der Waals surface area contributed by atoms with Crippen molar-refractivity contribution in [3.8, 4) is 11.5 Å². The number of rotatable bonds is 9. The van der Waals surface area contributed by atoms with E-state index in [1.807, 2.05) is 12.1 Å². The van der Waals surface area contributed by atoms with E-state index in [-0.39, 0.29) is 12.5 Å². The monoisotopic (exact) mass is 321 g/mol. The van der Waals surface area contributed by atoms with Crippen LogP contribution in [-0.2, 0) is 9.53 Å². The van der Waals surface area contributed by atoms with Gasteiger partial charge in [0.1, 0.15) is 0 Å². The van der Waals surface area contributed by atoms with Crippen LogP contribution >= 0.6 is 0 Å². The van der Waals surface area contributed by atoms with Gasteiger partial charge in [0, 0.05) is 13.2 Å². The molecule has 2 rings (SSSR count). The smallest absolute Gasteiger partial charge is 0.257 e. The van der Waals surface area contributed by atoms with Crippen molar-refractivity contribution in [1.29, 1.82) is 0 Å². The fourth-order valence-electron chi connectivity index (χ4n) is 2.71. The predicted octanol–water partition coefficient (Wildman–Crippen LogP) is 2.93. The molecule has 0 radical (unpaired) electrons. The van der Waals surface area contributed by atoms with Crippen LogP contribution in [0.15, 0.2) is 24.3 Å². The SMILES string of the molecule is COc1ccccc1OCC(=O)NCCCOC1CCCCC1. The van der Waals surface area contributed by atoms with Crippen LogP contribution in [0.4, 0.5) is 0 Å². The summed E-state index contributed by atoms with van der Waals surface area (Å²) in [6.07, 6.45) is 7.51. The Morgan fingerprint density at radius 3 is 2.65 bits per heavy atom. The first-order valence-electron chi connectivity index (χ1n) is 8.43. The lowest BCUT2D eigenvalue weighted by molar-refractivity contribution is -0.123. The van der Waals surface area contributed by atoms with E-state index in [2.05, 4.69) is 5.32 Å². The van der Waals surface area contributed by atoms with Gasteiger partial charge in [-0.25, -0.2) is 0 Å². The Kier molecular flexibility index (Phi) is 7.73. The number of nitrogens with one attached hydrogen (secondary N) is 1. The van der Waals surface area contributed by atoms with Crippen LogP contribution in [0, 0.1) is 0 Å². The maximum atomic E-state index is 11.8. The largest absolute Gasteiger partial charge is 0.493 e. The maximum Gasteiger partial charge on any atom is 0.257 e. The van der Waals surface area contributed by atoms with E-state index in [1.165, 1.54) is 32.1 Å². The second kappa shape index (κ2) is 10.1. The first kappa shape index (κ1) is 17.6. The molecule has 0 aromatic heterocycles. The van der Waals surface area contributed by atoms with Crippen LogP contribution < -0.4 is 14.8 Å². The summed E-state index contributed by atoms with van der Waals surface area (Å²) in [5, 5.41) is 2.84. The normalized spacial score (nSPS) is 15.2. The molecule has 1 aliphatic rings. The molecule has 1 fully saturated rings. The van der Waals surface area contributed by atoms with E-state index in [0.717, 1.165) is 6.42 Å². The lowest BCUT2D eigenvalue weighted by Crippen LogP contribution is -2.30. The van der Waals surface area contributed by atoms with Gasteiger partial charge >= 0.3 is 0 Å². The molecule has 1 aliphatic carbocycles. The van der Waals surface area contributed by atoms with Crippen molar-refractivity contribution in [3.05, 3.63) is 24.3 Å². The van der Waals surface area contributed by atoms with Crippen LogP contribution in [0.2, 0.25) is 0 Å². The second-order valence-corrected chi connectivity index (χ2v) is 5.77. The third-order valence-electron chi connectivity index (χ3n) is 3.98. The molecule has 5 heteroatoms. The van der Waals surface area contributed by atoms with E-state index in [1.54, 1.807) is 19.2 Å². The molecule has 1 aromatic rings. The van der Waals surface area contributed by atoms with Gasteiger partial charge in [0.25, 0.3) is 5.91 Å². The van der Waals surface area contributed by atoms with Crippen LogP contribution in [-0.4, -0.2) is 38.9 Å². The summed E-state index contributed by atoms with van der Waals surface area (Å²) >= 11 is 0. The number of hydrogen-bond acceptors (Lipinski definition) is 4. The van der Waals surface area contributed by atoms with Gasteiger partial charge in [-0.05, 0) is 31.4 Å². The van der Waals surface area contributed by atoms with Gasteiger partial charge in [-0.3, -0.25) is 4.79 Å². The molecule has 0 atom stereocenters. The van der Waals surface area contributed by atoms with E-state index in [0.29, 0.717) is 30.8 Å². The van der Waals surface area contributed by atoms with E-state index >= 15 is 0 Å². The van der Waals surface area contributed by atoms with E-state index in [4.69, 9.17) is 14.2 Å². The minimum absolute atomic E-state index is 0.0101. The highest BCUT2D eigenvalue weighted by Crippen LogP contribution is 2.25. The van der Waals surface area contributed by atoms with Crippen molar-refractivity contribution < 1.29 is 19.0 Å². The lowest BCUT2D eigenvalue weighted by Gasteiger charge is -2.21. The van der Waals surface area contributed by atoms with E-state index < -0.39 is 0 Å². The minimum Gasteiger partial charge on any atom is -0.493 e. The summed E-state index contributed by atoms with van der Waals surface area (Å²) < 4.78 is 16.5. The average Bonchev–Trinajstić information content (AvgIpc) is 2.60. The Morgan fingerprint density at radius 1 is 1.17 bits per heavy atom. The molecule has 0 bridgehead atoms. The lowest BCUT2D eigenvalue weighted by atomic mass is 9.98. The second-order valence-electron chi connectivity index (χ2n) is 5.77. The number of hydrogen-bond donors (Lipinski definition) is 1. The highest BCUT2D eigenvalue weighted by Gasteiger charge is 2.13. The molecule has 0 aliphatic heterocycles. The van der Waals surface area contributed by atoms with Gasteiger partial charge in [0.2, 0.25) is 0 Å². The van der Waals surface area contributed by atoms with Crippen molar-refractivity contribution >= 4 is 5.91 Å². The molecule has 1 N–H and O–H groups in total. The Morgan fingerprint density at radius 2 is 1.91 bits per heavy atom. The number of carbonyl (C=O) groups excluding carboxylic acids is 1. The zero-order valence-electron chi connectivity index (χ0n) is 13.9. The number of benzene rings is 1. The summed E-state index contributed by atoms with van der Waals surface area (Å²) in [7, 11) is 1.58. The quantitative estimate of drug-likeness (QED) is 0.711. The van der Waals surface area contributed by atoms with Crippen LogP contribution in [0.5, 0.6) is 11.5 Å². The average molecular weight is 321 g/mol. The third-order valence-corrected chi connectivity index (χ3v) is 3.98. The Bertz CT molecular complexity index is 472. The summed E-state index contributed by atoms with van der Waals surface area (Å²) in [6.45, 7) is 1.31. The molecule has 0 unspecified atom stereocenters. The van der Waals surface area contributed by atoms with E-state index in [9.17, 15) is 4.79 Å². The molecule has 1 amide bonds. The molecule has 23 heavy (non-hydrogen) atoms. The first-order valence-corrected chi connectivity index (χ1v) is 8.43. The number of carbonyl (C=O) groups is 1. The van der Waals surface area contributed by atoms with Gasteiger partial charge in [-0.2, -0.15) is 0 Å². The maximum absolute atomic E-state index is 11.8. The highest BCUT2D eigenvalue weighted by molar-refractivity contribution is 5.77. The van der Waals surface area contributed by atoms with Crippen molar-refractivity contribution in [2.45, 2.75) is 44.6 Å². The van der Waals surface area contributed by atoms with Crippen molar-refractivity contribution in [1.82, 2.24) is 5.32 Å². The number of ether oxygens (including phenoxy) is 3. The standard InChI is InChI=1S/C18H27NO4/c1-21-16-10-5-6-11-17(16)23-14-18(20)19-12-7-13-22-15-8-3-2-4-9-15/h5-6,10-11,15H,2-4,7-9,12-14H2,1H3,(H,19,20). The fourth-order valence-corrected chi connectivity index (χ4v) is 2.71. The number of amides is 1. The molecule has 0 heterocycles. The summed E-state index contributed by atoms with van der Waals surface area (Å²) in [4.78, 5) is 11.8. The zero-order valence-corrected chi connectivity index (χ0v) is 13.9. The van der Waals surface area contributed by atoms with Crippen LogP contribution in [0.1, 0.15) is 38.5 Å². The van der Waals surface area contributed by atoms with Gasteiger partial charge in [-0.15, -0.1) is 0 Å². The van der Waals surface area contributed by atoms with Gasteiger partial charge < -0.3 is 19.5 Å². The summed E-state index contributed by atoms with van der Waals surface area (Å²) in [5.41, 5.74) is 0. The summed E-state index contributed by atoms with van der Waals surface area (Å²) in [5.74, 6) is 1.07. The van der Waals surface area contributed by atoms with Crippen molar-refractivity contribution in [2.24, 2.45) is 0 Å². The number of methoxy groups -OCH3 is 1. The van der Waals surface area contributed by atoms with Gasteiger partial charge in [-0.1, -0.05) is 31.4 Å². The molecule has 0 spiro atoms. The molecule has 1 aromatic carbocycles. The molecular formula is C18H27NO4. The molecule has 128 valence electrons. The zero-order chi connectivity index (χ0) is 16.3. The van der Waals surface area contributed by atoms with Gasteiger partial charge in [0.15, 0.2) is 18.1 Å². The van der Waals surface area contributed by atoms with Gasteiger partial charge in [0.05, 0.1) is 13.2 Å². The molecule has 0 saturated heterocycles.